The summed E-state index contributed by atoms with van der Waals surface area (Å²) in [5, 5.41) is 51.2. The van der Waals surface area contributed by atoms with Gasteiger partial charge in [-0.2, -0.15) is 0 Å². The minimum absolute atomic E-state index is 0.106. The zero-order valence-corrected chi connectivity index (χ0v) is 30.2. The molecule has 4 aliphatic carbocycles. The zero-order valence-electron chi connectivity index (χ0n) is 30.2. The molecule has 5 fully saturated rings. The van der Waals surface area contributed by atoms with Crippen LogP contribution in [0, 0.1) is 33.5 Å². The van der Waals surface area contributed by atoms with Gasteiger partial charge in [0.15, 0.2) is 11.6 Å². The third kappa shape index (κ3) is 4.63. The van der Waals surface area contributed by atoms with Gasteiger partial charge in [0, 0.05) is 46.7 Å². The fourth-order valence-corrected chi connectivity index (χ4v) is 12.1. The Balaban J connectivity index is 1.76. The number of aliphatic hydroxyl groups is 4. The molecule has 6 nitrogen and oxygen atoms in total. The van der Waals surface area contributed by atoms with Crippen LogP contribution in [0.4, 0.5) is 0 Å². The summed E-state index contributed by atoms with van der Waals surface area (Å²) in [5.74, 6) is -4.52. The maximum atomic E-state index is 12.9. The Bertz CT molecular complexity index is 1200. The Morgan fingerprint density at radius 2 is 0.870 bits per heavy atom. The van der Waals surface area contributed by atoms with Crippen molar-refractivity contribution >= 4 is 0 Å². The first-order valence-electron chi connectivity index (χ1n) is 17.8. The van der Waals surface area contributed by atoms with Gasteiger partial charge in [-0.25, -0.2) is 0 Å². The molecule has 5 aliphatic rings. The van der Waals surface area contributed by atoms with Crippen molar-refractivity contribution in [2.45, 2.75) is 166 Å². The monoisotopic (exact) mass is 640 g/mol. The first kappa shape index (κ1) is 36.0. The highest BCUT2D eigenvalue weighted by atomic mass is 16.7. The molecule has 0 bridgehead atoms. The normalized spacial score (nSPS) is 51.7. The predicted octanol–water partition coefficient (Wildman–Crippen LogP) is 7.91. The Morgan fingerprint density at radius 1 is 0.543 bits per heavy atom. The summed E-state index contributed by atoms with van der Waals surface area (Å²) in [4.78, 5) is 0. The van der Waals surface area contributed by atoms with Gasteiger partial charge in [0.25, 0.3) is 0 Å². The molecule has 0 aromatic rings. The molecule has 0 unspecified atom stereocenters. The summed E-state index contributed by atoms with van der Waals surface area (Å²) >= 11 is 0. The molecule has 1 aliphatic heterocycles. The van der Waals surface area contributed by atoms with Gasteiger partial charge in [-0.1, -0.05) is 92.9 Å². The summed E-state index contributed by atoms with van der Waals surface area (Å²) in [6, 6.07) is 0. The summed E-state index contributed by atoms with van der Waals surface area (Å²) in [7, 11) is 0. The highest BCUT2D eigenvalue weighted by molar-refractivity contribution is 5.29. The zero-order chi connectivity index (χ0) is 34.6. The fourth-order valence-electron chi connectivity index (χ4n) is 12.1. The summed E-state index contributed by atoms with van der Waals surface area (Å²) in [6.07, 6.45) is 10.4. The van der Waals surface area contributed by atoms with Crippen LogP contribution < -0.4 is 0 Å². The lowest BCUT2D eigenvalue weighted by molar-refractivity contribution is -0.375. The SMILES string of the molecule is C=CC(=C)[C@@]1(O)C[C@H]2[C@@](C)(CC[C@@]3(O)C(C)(C)CCC[C@]23C)O[C@@](O)(C(=C)C=C)C[C@H]2[C@@](C)(CC[C@@]3(O)C(C)(C)CCC[C@]23C)O1. The van der Waals surface area contributed by atoms with E-state index in [4.69, 9.17) is 9.47 Å². The molecular formula is C40H64O6. The van der Waals surface area contributed by atoms with Gasteiger partial charge >= 0.3 is 0 Å². The third-order valence-corrected chi connectivity index (χ3v) is 15.4. The van der Waals surface area contributed by atoms with E-state index in [1.54, 1.807) is 12.2 Å². The largest absolute Gasteiger partial charge is 0.389 e. The van der Waals surface area contributed by atoms with Crippen molar-refractivity contribution in [3.8, 4) is 0 Å². The van der Waals surface area contributed by atoms with Crippen LogP contribution >= 0.6 is 0 Å². The van der Waals surface area contributed by atoms with Crippen LogP contribution in [0.25, 0.3) is 0 Å². The molecule has 0 aromatic carbocycles. The lowest BCUT2D eigenvalue weighted by Gasteiger charge is -2.70. The van der Waals surface area contributed by atoms with E-state index >= 15 is 0 Å². The molecule has 46 heavy (non-hydrogen) atoms. The van der Waals surface area contributed by atoms with Gasteiger partial charge in [0.1, 0.15) is 0 Å². The average Bonchev–Trinajstić information content (AvgIpc) is 2.95. The van der Waals surface area contributed by atoms with Crippen LogP contribution in [0.3, 0.4) is 0 Å². The average molecular weight is 641 g/mol. The second-order valence-electron chi connectivity index (χ2n) is 18.4. The predicted molar refractivity (Wildman–Crippen MR) is 184 cm³/mol. The van der Waals surface area contributed by atoms with E-state index in [2.05, 4.69) is 67.9 Å². The van der Waals surface area contributed by atoms with Gasteiger partial charge in [-0.05, 0) is 76.0 Å². The van der Waals surface area contributed by atoms with Crippen LogP contribution in [-0.4, -0.2) is 54.4 Å². The molecule has 6 heteroatoms. The van der Waals surface area contributed by atoms with Crippen molar-refractivity contribution in [1.29, 1.82) is 0 Å². The number of hydrogen-bond donors (Lipinski definition) is 4. The number of rotatable bonds is 4. The van der Waals surface area contributed by atoms with Gasteiger partial charge in [-0.3, -0.25) is 0 Å². The van der Waals surface area contributed by atoms with Crippen molar-refractivity contribution < 1.29 is 29.9 Å². The number of fused-ring (bicyclic) bond motifs is 6. The van der Waals surface area contributed by atoms with Crippen molar-refractivity contribution in [2.75, 3.05) is 0 Å². The van der Waals surface area contributed by atoms with Crippen molar-refractivity contribution in [3.63, 3.8) is 0 Å². The smallest absolute Gasteiger partial charge is 0.192 e. The topological polar surface area (TPSA) is 99.4 Å². The highest BCUT2D eigenvalue weighted by Crippen LogP contribution is 2.70. The van der Waals surface area contributed by atoms with Gasteiger partial charge < -0.3 is 29.9 Å². The Morgan fingerprint density at radius 3 is 1.17 bits per heavy atom. The molecule has 1 saturated heterocycles. The van der Waals surface area contributed by atoms with E-state index in [1.807, 2.05) is 13.8 Å². The van der Waals surface area contributed by atoms with E-state index in [9.17, 15) is 20.4 Å². The van der Waals surface area contributed by atoms with Crippen LogP contribution in [0.2, 0.25) is 0 Å². The molecule has 1 heterocycles. The van der Waals surface area contributed by atoms with Gasteiger partial charge in [0.05, 0.1) is 22.4 Å². The van der Waals surface area contributed by atoms with Gasteiger partial charge in [0.2, 0.25) is 0 Å². The third-order valence-electron chi connectivity index (χ3n) is 15.4. The summed E-state index contributed by atoms with van der Waals surface area (Å²) in [6.45, 7) is 33.5. The number of hydrogen-bond acceptors (Lipinski definition) is 6. The minimum Gasteiger partial charge on any atom is -0.389 e. The van der Waals surface area contributed by atoms with Crippen LogP contribution in [0.5, 0.6) is 0 Å². The highest BCUT2D eigenvalue weighted by Gasteiger charge is 2.72. The molecule has 4 saturated carbocycles. The first-order valence-corrected chi connectivity index (χ1v) is 17.8. The lowest BCUT2D eigenvalue weighted by atomic mass is 9.41. The Labute approximate surface area is 279 Å². The standard InChI is InChI=1S/C40H64O6/c1-13-27(3)37(41)25-29-33(9)19-15-17-31(5,6)39(33,43)24-22-36(29,12)46-38(42,28(4)14-2)26-30-34(10)20-16-18-32(7,8)40(34,44)23-21-35(30,11)45-37/h13-14,29-30,41-44H,1-4,15-26H2,5-12H3/t29-,30-,33-,34-,35-,36-,37-,38-,39-,40-/m1/s1. The molecule has 0 amide bonds. The molecule has 10 atom stereocenters. The summed E-state index contributed by atoms with van der Waals surface area (Å²) in [5.41, 5.74) is -5.39. The quantitative estimate of drug-likeness (QED) is 0.233. The number of ether oxygens (including phenoxy) is 2. The van der Waals surface area contributed by atoms with Crippen LogP contribution in [0.15, 0.2) is 49.6 Å². The second kappa shape index (κ2) is 10.6. The Kier molecular flexibility index (Phi) is 8.31. The Hall–Kier alpha value is -1.28. The summed E-state index contributed by atoms with van der Waals surface area (Å²) < 4.78 is 14.3. The van der Waals surface area contributed by atoms with E-state index < -0.39 is 56.6 Å². The fraction of sp³-hybridized carbons (Fsp3) is 0.800. The lowest BCUT2D eigenvalue weighted by Crippen LogP contribution is -2.73. The van der Waals surface area contributed by atoms with Crippen molar-refractivity contribution in [2.24, 2.45) is 33.5 Å². The van der Waals surface area contributed by atoms with E-state index in [1.165, 1.54) is 0 Å². The molecular weight excluding hydrogens is 576 g/mol. The van der Waals surface area contributed by atoms with Crippen molar-refractivity contribution in [1.82, 2.24) is 0 Å². The van der Waals surface area contributed by atoms with Crippen molar-refractivity contribution in [3.05, 3.63) is 49.6 Å². The van der Waals surface area contributed by atoms with E-state index in [0.29, 0.717) is 36.8 Å². The minimum atomic E-state index is -1.83. The molecule has 4 N–H and O–H groups in total. The van der Waals surface area contributed by atoms with Crippen LogP contribution in [0.1, 0.15) is 132 Å². The molecule has 5 rings (SSSR count). The van der Waals surface area contributed by atoms with Gasteiger partial charge in [-0.15, -0.1) is 0 Å². The molecule has 0 aromatic heterocycles. The maximum absolute atomic E-state index is 12.9. The molecule has 260 valence electrons. The maximum Gasteiger partial charge on any atom is 0.192 e. The van der Waals surface area contributed by atoms with Crippen LogP contribution in [-0.2, 0) is 9.47 Å². The van der Waals surface area contributed by atoms with E-state index in [0.717, 1.165) is 38.5 Å². The molecule has 0 radical (unpaired) electrons. The van der Waals surface area contributed by atoms with E-state index in [-0.39, 0.29) is 23.7 Å². The first-order chi connectivity index (χ1) is 20.9. The molecule has 0 spiro atoms. The second-order valence-corrected chi connectivity index (χ2v) is 18.4.